The summed E-state index contributed by atoms with van der Waals surface area (Å²) in [7, 11) is 1.94. The Morgan fingerprint density at radius 1 is 1.19 bits per heavy atom. The van der Waals surface area contributed by atoms with Gasteiger partial charge in [0.1, 0.15) is 0 Å². The molecule has 0 aromatic carbocycles. The molecule has 0 bridgehead atoms. The molecule has 0 saturated carbocycles. The van der Waals surface area contributed by atoms with Gasteiger partial charge in [-0.15, -0.1) is 0 Å². The number of rotatable bonds is 6. The molecular weight excluding hydrogens is 229 g/mol. The van der Waals surface area contributed by atoms with Crippen molar-refractivity contribution >= 4 is 24.7 Å². The molecule has 0 amide bonds. The molecule has 0 spiro atoms. The summed E-state index contributed by atoms with van der Waals surface area (Å²) in [6, 6.07) is 0. The Hall–Kier alpha value is -0.420. The van der Waals surface area contributed by atoms with Crippen LogP contribution >= 0.6 is 12.1 Å². The number of carbonyl (C=O) groups excluding carboxylic acids is 2. The lowest BCUT2D eigenvalue weighted by atomic mass is 9.82. The van der Waals surface area contributed by atoms with Gasteiger partial charge in [0.2, 0.25) is 0 Å². The van der Waals surface area contributed by atoms with Crippen LogP contribution in [0.25, 0.3) is 0 Å². The predicted molar refractivity (Wildman–Crippen MR) is 67.2 cm³/mol. The Bertz CT molecular complexity index is 202. The molecule has 0 fully saturated rings. The van der Waals surface area contributed by atoms with Crippen molar-refractivity contribution in [1.29, 1.82) is 0 Å². The molecule has 3 nitrogen and oxygen atoms in total. The van der Waals surface area contributed by atoms with Crippen LogP contribution in [-0.4, -0.2) is 30.9 Å². The summed E-state index contributed by atoms with van der Waals surface area (Å²) in [6.07, 6.45) is 1.37. The fourth-order valence-electron chi connectivity index (χ4n) is 1.48. The van der Waals surface area contributed by atoms with Crippen LogP contribution in [0, 0.1) is 5.41 Å². The van der Waals surface area contributed by atoms with Gasteiger partial charge in [0.15, 0.2) is 12.6 Å². The summed E-state index contributed by atoms with van der Waals surface area (Å²) >= 11 is 0.432. The number of nitrogens with one attached hydrogen (secondary N) is 1. The van der Waals surface area contributed by atoms with Crippen molar-refractivity contribution in [1.82, 2.24) is 5.32 Å². The molecule has 0 atom stereocenters. The van der Waals surface area contributed by atoms with E-state index in [4.69, 9.17) is 9.59 Å². The normalized spacial score (nSPS) is 11.4. The van der Waals surface area contributed by atoms with E-state index in [0.29, 0.717) is 17.9 Å². The second-order valence-corrected chi connectivity index (χ2v) is 5.51. The van der Waals surface area contributed by atoms with Crippen LogP contribution < -0.4 is 5.32 Å². The van der Waals surface area contributed by atoms with Gasteiger partial charge < -0.3 is 5.32 Å². The highest BCUT2D eigenvalue weighted by molar-refractivity contribution is 7.94. The largest absolute Gasteiger partial charge is 0.315 e. The van der Waals surface area contributed by atoms with Crippen LogP contribution in [0.4, 0.5) is 3.89 Å². The van der Waals surface area contributed by atoms with Gasteiger partial charge in [-0.25, -0.2) is 0 Å². The second kappa shape index (κ2) is 8.70. The molecule has 0 aliphatic rings. The fourth-order valence-corrected chi connectivity index (χ4v) is 1.88. The Kier molecular flexibility index (Phi) is 9.77. The van der Waals surface area contributed by atoms with Crippen LogP contribution in [0.15, 0.2) is 0 Å². The third-order valence-electron chi connectivity index (χ3n) is 2.10. The zero-order valence-electron chi connectivity index (χ0n) is 10.7. The average molecular weight is 251 g/mol. The highest BCUT2D eigenvalue weighted by atomic mass is 32.2. The van der Waals surface area contributed by atoms with Gasteiger partial charge in [0, 0.05) is 23.4 Å². The van der Waals surface area contributed by atoms with E-state index in [0.717, 1.165) is 6.42 Å². The number of carbonyl (C=O) groups is 2. The number of hydrogen-bond acceptors (Lipinski definition) is 4. The van der Waals surface area contributed by atoms with Gasteiger partial charge in [-0.1, -0.05) is 13.8 Å². The standard InChI is InChI=1S/C9H20FNS.C2H2O2/c1-8(2,7-12-10)6-9(3,4)11-5;3-1-2-4/h11H,6-7H2,1-5H3;1-2H. The zero-order valence-corrected chi connectivity index (χ0v) is 11.5. The Morgan fingerprint density at radius 2 is 1.62 bits per heavy atom. The topological polar surface area (TPSA) is 46.2 Å². The first-order chi connectivity index (χ1) is 7.24. The fraction of sp³-hybridized carbons (Fsp3) is 0.818. The van der Waals surface area contributed by atoms with E-state index < -0.39 is 0 Å². The third-order valence-corrected chi connectivity index (χ3v) is 2.99. The Balaban J connectivity index is 0. The third kappa shape index (κ3) is 11.7. The van der Waals surface area contributed by atoms with Crippen LogP contribution in [0.3, 0.4) is 0 Å². The second-order valence-electron chi connectivity index (χ2n) is 5.00. The molecule has 0 heterocycles. The van der Waals surface area contributed by atoms with Crippen molar-refractivity contribution in [3.8, 4) is 0 Å². The van der Waals surface area contributed by atoms with Gasteiger partial charge in [-0.05, 0) is 32.7 Å². The maximum atomic E-state index is 12.1. The first kappa shape index (κ1) is 18.0. The van der Waals surface area contributed by atoms with Gasteiger partial charge >= 0.3 is 0 Å². The summed E-state index contributed by atoms with van der Waals surface area (Å²) in [5.74, 6) is 0.568. The van der Waals surface area contributed by atoms with Gasteiger partial charge in [0.25, 0.3) is 0 Å². The lowest BCUT2D eigenvalue weighted by Crippen LogP contribution is -2.41. The molecule has 0 saturated heterocycles. The maximum Gasteiger partial charge on any atom is 0.182 e. The number of halogens is 1. The van der Waals surface area contributed by atoms with Crippen LogP contribution in [0.1, 0.15) is 34.1 Å². The summed E-state index contributed by atoms with van der Waals surface area (Å²) in [5.41, 5.74) is 0.158. The summed E-state index contributed by atoms with van der Waals surface area (Å²) in [4.78, 5) is 17.6. The molecule has 96 valence electrons. The summed E-state index contributed by atoms with van der Waals surface area (Å²) in [6.45, 7) is 8.46. The quantitative estimate of drug-likeness (QED) is 0.581. The lowest BCUT2D eigenvalue weighted by molar-refractivity contribution is -0.122. The van der Waals surface area contributed by atoms with E-state index >= 15 is 0 Å². The molecule has 5 heteroatoms. The van der Waals surface area contributed by atoms with Crippen molar-refractivity contribution in [3.05, 3.63) is 0 Å². The molecule has 0 aliphatic carbocycles. The predicted octanol–water partition coefficient (Wildman–Crippen LogP) is 2.40. The first-order valence-corrected chi connectivity index (χ1v) is 5.94. The zero-order chi connectivity index (χ0) is 13.2. The molecule has 0 rings (SSSR count). The van der Waals surface area contributed by atoms with Crippen LogP contribution in [0.2, 0.25) is 0 Å². The number of aldehydes is 2. The van der Waals surface area contributed by atoms with E-state index in [-0.39, 0.29) is 23.5 Å². The molecule has 16 heavy (non-hydrogen) atoms. The maximum absolute atomic E-state index is 12.1. The minimum atomic E-state index is 0.0614. The van der Waals surface area contributed by atoms with E-state index in [1.54, 1.807) is 0 Å². The minimum absolute atomic E-state index is 0.0614. The highest BCUT2D eigenvalue weighted by Gasteiger charge is 2.27. The van der Waals surface area contributed by atoms with Crippen molar-refractivity contribution in [2.45, 2.75) is 39.7 Å². The van der Waals surface area contributed by atoms with E-state index in [1.807, 2.05) is 7.05 Å². The molecule has 1 N–H and O–H groups in total. The Morgan fingerprint density at radius 3 is 1.88 bits per heavy atom. The van der Waals surface area contributed by atoms with Crippen LogP contribution in [0.5, 0.6) is 0 Å². The summed E-state index contributed by atoms with van der Waals surface area (Å²) < 4.78 is 12.1. The monoisotopic (exact) mass is 251 g/mol. The van der Waals surface area contributed by atoms with Crippen molar-refractivity contribution in [2.24, 2.45) is 5.41 Å². The highest BCUT2D eigenvalue weighted by Crippen LogP contribution is 2.31. The van der Waals surface area contributed by atoms with Gasteiger partial charge in [-0.2, -0.15) is 3.89 Å². The van der Waals surface area contributed by atoms with Gasteiger partial charge in [-0.3, -0.25) is 9.59 Å². The first-order valence-electron chi connectivity index (χ1n) is 5.06. The summed E-state index contributed by atoms with van der Waals surface area (Å²) in [5, 5.41) is 3.22. The van der Waals surface area contributed by atoms with E-state index in [9.17, 15) is 3.89 Å². The lowest BCUT2D eigenvalue weighted by Gasteiger charge is -2.33. The smallest absolute Gasteiger partial charge is 0.182 e. The van der Waals surface area contributed by atoms with Crippen molar-refractivity contribution < 1.29 is 13.5 Å². The molecule has 0 aliphatic heterocycles. The molecule has 0 radical (unpaired) electrons. The van der Waals surface area contributed by atoms with Gasteiger partial charge in [0.05, 0.1) is 0 Å². The average Bonchev–Trinajstić information content (AvgIpc) is 2.16. The van der Waals surface area contributed by atoms with Crippen molar-refractivity contribution in [3.63, 3.8) is 0 Å². The Labute approximate surface area is 102 Å². The molecule has 0 aromatic rings. The van der Waals surface area contributed by atoms with E-state index in [2.05, 4.69) is 33.0 Å². The molecular formula is C11H22FNO2S. The SMILES string of the molecule is CNC(C)(C)CC(C)(C)CSF.O=CC=O. The van der Waals surface area contributed by atoms with E-state index in [1.165, 1.54) is 0 Å². The van der Waals surface area contributed by atoms with Crippen LogP contribution in [-0.2, 0) is 9.59 Å². The molecule has 0 aromatic heterocycles. The molecule has 0 unspecified atom stereocenters. The minimum Gasteiger partial charge on any atom is -0.315 e. The number of hydrogen-bond donors (Lipinski definition) is 1. The van der Waals surface area contributed by atoms with Crippen molar-refractivity contribution in [2.75, 3.05) is 12.8 Å².